The van der Waals surface area contributed by atoms with Gasteiger partial charge in [-0.2, -0.15) is 0 Å². The van der Waals surface area contributed by atoms with Crippen LogP contribution in [0.1, 0.15) is 19.6 Å². The minimum Gasteiger partial charge on any atom is -0.466 e. The first kappa shape index (κ1) is 13.9. The van der Waals surface area contributed by atoms with Crippen LogP contribution in [0.25, 0.3) is 0 Å². The van der Waals surface area contributed by atoms with Gasteiger partial charge in [0.25, 0.3) is 0 Å². The first-order valence-corrected chi connectivity index (χ1v) is 6.42. The average molecular weight is 267 g/mol. The molecule has 0 spiro atoms. The summed E-state index contributed by atoms with van der Waals surface area (Å²) in [5, 5.41) is 10.3. The maximum Gasteiger partial charge on any atom is 0.191 e. The second-order valence-corrected chi connectivity index (χ2v) is 5.05. The summed E-state index contributed by atoms with van der Waals surface area (Å²) in [6, 6.07) is 3.46. The molecule has 1 saturated heterocycles. The molecule has 19 heavy (non-hydrogen) atoms. The topological polar surface area (TPSA) is 84.2 Å². The van der Waals surface area contributed by atoms with E-state index < -0.39 is 5.60 Å². The first-order valence-electron chi connectivity index (χ1n) is 6.42. The molecule has 106 valence electrons. The number of nitrogens with zero attached hydrogens (tertiary/aromatic N) is 2. The minimum atomic E-state index is -1.15. The highest BCUT2D eigenvalue weighted by atomic mass is 16.5. The lowest BCUT2D eigenvalue weighted by Gasteiger charge is -2.32. The molecule has 0 bridgehead atoms. The summed E-state index contributed by atoms with van der Waals surface area (Å²) >= 11 is 0. The third-order valence-corrected chi connectivity index (χ3v) is 3.17. The van der Waals surface area contributed by atoms with E-state index in [0.29, 0.717) is 18.3 Å². The van der Waals surface area contributed by atoms with Crippen molar-refractivity contribution >= 4 is 5.96 Å². The molecule has 1 fully saturated rings. The first-order chi connectivity index (χ1) is 8.99. The molecule has 2 atom stereocenters. The van der Waals surface area contributed by atoms with Crippen LogP contribution in [0.2, 0.25) is 0 Å². The van der Waals surface area contributed by atoms with Gasteiger partial charge in [-0.15, -0.1) is 0 Å². The van der Waals surface area contributed by atoms with Crippen molar-refractivity contribution in [1.29, 1.82) is 0 Å². The number of aliphatic hydroxyl groups is 1. The van der Waals surface area contributed by atoms with Crippen LogP contribution in [0.15, 0.2) is 27.8 Å². The summed E-state index contributed by atoms with van der Waals surface area (Å²) in [6.45, 7) is 5.91. The molecule has 0 aliphatic carbocycles. The fourth-order valence-electron chi connectivity index (χ4n) is 2.02. The molecule has 2 heterocycles. The monoisotopic (exact) mass is 267 g/mol. The third-order valence-electron chi connectivity index (χ3n) is 3.17. The molecule has 2 rings (SSSR count). The van der Waals surface area contributed by atoms with Crippen molar-refractivity contribution in [3.8, 4) is 0 Å². The molecule has 1 aliphatic heterocycles. The van der Waals surface area contributed by atoms with Gasteiger partial charge < -0.3 is 24.9 Å². The van der Waals surface area contributed by atoms with Gasteiger partial charge in [0.2, 0.25) is 0 Å². The zero-order valence-corrected chi connectivity index (χ0v) is 11.4. The molecule has 1 aromatic rings. The molecular formula is C13H21N3O3. The van der Waals surface area contributed by atoms with E-state index in [2.05, 4.69) is 4.99 Å². The third kappa shape index (κ3) is 3.48. The molecule has 0 saturated carbocycles. The predicted molar refractivity (Wildman–Crippen MR) is 71.8 cm³/mol. The SMILES string of the molecule is CC1CN(C(N)=NCC(C)(O)c2ccco2)CCO1. The summed E-state index contributed by atoms with van der Waals surface area (Å²) in [4.78, 5) is 6.23. The fourth-order valence-corrected chi connectivity index (χ4v) is 2.02. The number of hydrogen-bond donors (Lipinski definition) is 2. The van der Waals surface area contributed by atoms with Crippen molar-refractivity contribution in [3.05, 3.63) is 24.2 Å². The number of rotatable bonds is 3. The number of morpholine rings is 1. The lowest BCUT2D eigenvalue weighted by atomic mass is 10.0. The van der Waals surface area contributed by atoms with Crippen molar-refractivity contribution in [2.24, 2.45) is 10.7 Å². The Morgan fingerprint density at radius 1 is 1.68 bits per heavy atom. The number of nitrogens with two attached hydrogens (primary N) is 1. The second-order valence-electron chi connectivity index (χ2n) is 5.05. The Bertz CT molecular complexity index is 428. The molecule has 0 amide bonds. The van der Waals surface area contributed by atoms with Gasteiger partial charge in [-0.3, -0.25) is 0 Å². The minimum absolute atomic E-state index is 0.146. The Labute approximate surface area is 112 Å². The van der Waals surface area contributed by atoms with Crippen LogP contribution in [0.4, 0.5) is 0 Å². The number of ether oxygens (including phenoxy) is 1. The Morgan fingerprint density at radius 2 is 2.47 bits per heavy atom. The van der Waals surface area contributed by atoms with Crippen LogP contribution in [0, 0.1) is 0 Å². The summed E-state index contributed by atoms with van der Waals surface area (Å²) < 4.78 is 10.6. The summed E-state index contributed by atoms with van der Waals surface area (Å²) in [5.41, 5.74) is 4.80. The summed E-state index contributed by atoms with van der Waals surface area (Å²) in [5.74, 6) is 0.918. The molecule has 6 nitrogen and oxygen atoms in total. The highest BCUT2D eigenvalue weighted by Gasteiger charge is 2.26. The van der Waals surface area contributed by atoms with E-state index in [0.717, 1.165) is 13.1 Å². The Kier molecular flexibility index (Phi) is 4.11. The molecule has 1 aliphatic rings. The van der Waals surface area contributed by atoms with E-state index in [9.17, 15) is 5.11 Å². The summed E-state index contributed by atoms with van der Waals surface area (Å²) in [7, 11) is 0. The highest BCUT2D eigenvalue weighted by Crippen LogP contribution is 2.21. The van der Waals surface area contributed by atoms with Crippen LogP contribution >= 0.6 is 0 Å². The van der Waals surface area contributed by atoms with Gasteiger partial charge in [0, 0.05) is 13.1 Å². The standard InChI is InChI=1S/C13H21N3O3/c1-10-8-16(5-7-18-10)12(14)15-9-13(2,17)11-4-3-6-19-11/h3-4,6,10,17H,5,7-9H2,1-2H3,(H2,14,15). The Hall–Kier alpha value is -1.53. The molecule has 0 aromatic carbocycles. The number of guanidine groups is 1. The van der Waals surface area contributed by atoms with Crippen molar-refractivity contribution in [1.82, 2.24) is 4.90 Å². The van der Waals surface area contributed by atoms with E-state index in [1.165, 1.54) is 6.26 Å². The Morgan fingerprint density at radius 3 is 3.11 bits per heavy atom. The number of hydrogen-bond acceptors (Lipinski definition) is 4. The number of aliphatic imine (C=N–C) groups is 1. The molecule has 3 N–H and O–H groups in total. The maximum absolute atomic E-state index is 10.3. The van der Waals surface area contributed by atoms with E-state index in [4.69, 9.17) is 14.9 Å². The largest absolute Gasteiger partial charge is 0.466 e. The van der Waals surface area contributed by atoms with E-state index in [1.807, 2.05) is 11.8 Å². The molecular weight excluding hydrogens is 246 g/mol. The fraction of sp³-hybridized carbons (Fsp3) is 0.615. The molecule has 1 aromatic heterocycles. The van der Waals surface area contributed by atoms with E-state index >= 15 is 0 Å². The molecule has 6 heteroatoms. The van der Waals surface area contributed by atoms with Gasteiger partial charge in [-0.1, -0.05) is 0 Å². The van der Waals surface area contributed by atoms with Crippen LogP contribution in [-0.4, -0.2) is 48.3 Å². The average Bonchev–Trinajstić information content (AvgIpc) is 2.90. The Balaban J connectivity index is 1.97. The zero-order chi connectivity index (χ0) is 13.9. The summed E-state index contributed by atoms with van der Waals surface area (Å²) in [6.07, 6.45) is 1.67. The van der Waals surface area contributed by atoms with Gasteiger partial charge >= 0.3 is 0 Å². The quantitative estimate of drug-likeness (QED) is 0.616. The lowest BCUT2D eigenvalue weighted by molar-refractivity contribution is 0.00477. The van der Waals surface area contributed by atoms with Crippen LogP contribution in [0.3, 0.4) is 0 Å². The second kappa shape index (κ2) is 5.63. The predicted octanol–water partition coefficient (Wildman–Crippen LogP) is 0.522. The zero-order valence-electron chi connectivity index (χ0n) is 11.4. The molecule has 0 radical (unpaired) electrons. The van der Waals surface area contributed by atoms with Gasteiger partial charge in [0.15, 0.2) is 5.96 Å². The highest BCUT2D eigenvalue weighted by molar-refractivity contribution is 5.78. The van der Waals surface area contributed by atoms with Crippen LogP contribution in [-0.2, 0) is 10.3 Å². The van der Waals surface area contributed by atoms with Crippen molar-refractivity contribution < 1.29 is 14.3 Å². The normalized spacial score (nSPS) is 24.3. The lowest BCUT2D eigenvalue weighted by Crippen LogP contribution is -2.48. The van der Waals surface area contributed by atoms with Gasteiger partial charge in [-0.25, -0.2) is 4.99 Å². The van der Waals surface area contributed by atoms with Crippen molar-refractivity contribution in [3.63, 3.8) is 0 Å². The molecule has 2 unspecified atom stereocenters. The van der Waals surface area contributed by atoms with Gasteiger partial charge in [0.1, 0.15) is 11.4 Å². The van der Waals surface area contributed by atoms with Crippen molar-refractivity contribution in [2.45, 2.75) is 25.6 Å². The smallest absolute Gasteiger partial charge is 0.191 e. The van der Waals surface area contributed by atoms with Crippen LogP contribution < -0.4 is 5.73 Å². The van der Waals surface area contributed by atoms with E-state index in [1.54, 1.807) is 19.1 Å². The van der Waals surface area contributed by atoms with Crippen molar-refractivity contribution in [2.75, 3.05) is 26.2 Å². The number of furan rings is 1. The van der Waals surface area contributed by atoms with E-state index in [-0.39, 0.29) is 12.6 Å². The van der Waals surface area contributed by atoms with Gasteiger partial charge in [0.05, 0.1) is 25.5 Å². The maximum atomic E-state index is 10.3. The van der Waals surface area contributed by atoms with Gasteiger partial charge in [-0.05, 0) is 26.0 Å². The van der Waals surface area contributed by atoms with Crippen LogP contribution in [0.5, 0.6) is 0 Å².